The summed E-state index contributed by atoms with van der Waals surface area (Å²) < 4.78 is 1.83. The van der Waals surface area contributed by atoms with Crippen molar-refractivity contribution in [2.75, 3.05) is 24.6 Å². The first kappa shape index (κ1) is 16.9. The summed E-state index contributed by atoms with van der Waals surface area (Å²) in [5, 5.41) is 11.2. The summed E-state index contributed by atoms with van der Waals surface area (Å²) in [6.07, 6.45) is 2.65. The summed E-state index contributed by atoms with van der Waals surface area (Å²) in [4.78, 5) is 26.2. The molecule has 0 radical (unpaired) electrons. The van der Waals surface area contributed by atoms with Crippen molar-refractivity contribution < 1.29 is 5.11 Å². The number of aliphatic hydroxyl groups excluding tert-OH is 1. The first-order chi connectivity index (χ1) is 13.1. The highest BCUT2D eigenvalue weighted by atomic mass is 32.1. The fraction of sp³-hybridized carbons (Fsp3) is 0.450. The third kappa shape index (κ3) is 2.45. The maximum absolute atomic E-state index is 12.5. The van der Waals surface area contributed by atoms with Crippen molar-refractivity contribution >= 4 is 27.4 Å². The van der Waals surface area contributed by atoms with Gasteiger partial charge in [0, 0.05) is 41.6 Å². The minimum atomic E-state index is -0.171. The number of anilines is 1. The van der Waals surface area contributed by atoms with E-state index in [1.807, 2.05) is 16.7 Å². The van der Waals surface area contributed by atoms with Crippen molar-refractivity contribution in [2.45, 2.75) is 32.2 Å². The Balaban J connectivity index is 1.62. The van der Waals surface area contributed by atoms with Gasteiger partial charge in [0.1, 0.15) is 17.0 Å². The van der Waals surface area contributed by atoms with E-state index in [1.165, 1.54) is 10.4 Å². The van der Waals surface area contributed by atoms with Gasteiger partial charge in [-0.05, 0) is 31.9 Å². The molecule has 2 bridgehead atoms. The molecule has 0 amide bonds. The molecule has 5 rings (SSSR count). The molecule has 0 saturated carbocycles. The zero-order chi connectivity index (χ0) is 18.7. The molecule has 0 unspecified atom stereocenters. The van der Waals surface area contributed by atoms with E-state index in [0.717, 1.165) is 41.2 Å². The van der Waals surface area contributed by atoms with Crippen LogP contribution >= 0.6 is 11.3 Å². The summed E-state index contributed by atoms with van der Waals surface area (Å²) in [7, 11) is 0. The molecule has 1 N–H and O–H groups in total. The number of thiophene rings is 1. The Bertz CT molecular complexity index is 1090. The van der Waals surface area contributed by atoms with Crippen molar-refractivity contribution in [3.05, 3.63) is 51.0 Å². The van der Waals surface area contributed by atoms with Crippen molar-refractivity contribution in [1.82, 2.24) is 14.5 Å². The van der Waals surface area contributed by atoms with Gasteiger partial charge in [0.25, 0.3) is 5.56 Å². The minimum absolute atomic E-state index is 0.0107. The Labute approximate surface area is 161 Å². The van der Waals surface area contributed by atoms with Gasteiger partial charge in [-0.15, -0.1) is 11.3 Å². The third-order valence-electron chi connectivity index (χ3n) is 6.23. The predicted molar refractivity (Wildman–Crippen MR) is 107 cm³/mol. The molecule has 3 aromatic rings. The Morgan fingerprint density at radius 2 is 2.11 bits per heavy atom. The van der Waals surface area contributed by atoms with E-state index < -0.39 is 0 Å². The number of aliphatic hydroxyl groups is 1. The van der Waals surface area contributed by atoms with Crippen LogP contribution in [0.2, 0.25) is 0 Å². The first-order valence-corrected chi connectivity index (χ1v) is 10.2. The normalized spacial score (nSPS) is 24.3. The molecule has 1 saturated heterocycles. The Hall–Kier alpha value is -2.25. The van der Waals surface area contributed by atoms with Gasteiger partial charge in [0.15, 0.2) is 0 Å². The second-order valence-corrected chi connectivity index (χ2v) is 8.87. The van der Waals surface area contributed by atoms with E-state index in [0.29, 0.717) is 0 Å². The number of nitrogens with zero attached hydrogens (tertiary/aromatic N) is 4. The third-order valence-corrected chi connectivity index (χ3v) is 7.35. The van der Waals surface area contributed by atoms with Crippen LogP contribution in [0.1, 0.15) is 34.5 Å². The summed E-state index contributed by atoms with van der Waals surface area (Å²) in [5.41, 5.74) is 2.27. The lowest BCUT2D eigenvalue weighted by Gasteiger charge is -2.47. The molecule has 140 valence electrons. The van der Waals surface area contributed by atoms with Crippen LogP contribution in [0.15, 0.2) is 29.3 Å². The second-order valence-electron chi connectivity index (χ2n) is 7.67. The van der Waals surface area contributed by atoms with E-state index in [9.17, 15) is 9.90 Å². The fourth-order valence-corrected chi connectivity index (χ4v) is 5.85. The van der Waals surface area contributed by atoms with Crippen LogP contribution < -0.4 is 10.5 Å². The van der Waals surface area contributed by atoms with Crippen LogP contribution in [0.3, 0.4) is 0 Å². The zero-order valence-electron chi connectivity index (χ0n) is 15.4. The largest absolute Gasteiger partial charge is 0.394 e. The van der Waals surface area contributed by atoms with E-state index >= 15 is 0 Å². The first-order valence-electron chi connectivity index (χ1n) is 9.36. The van der Waals surface area contributed by atoms with Crippen molar-refractivity contribution in [3.63, 3.8) is 0 Å². The number of aryl methyl sites for hydroxylation is 2. The van der Waals surface area contributed by atoms with Crippen LogP contribution in [0.4, 0.5) is 5.82 Å². The Morgan fingerprint density at radius 3 is 2.93 bits per heavy atom. The number of rotatable bonds is 2. The van der Waals surface area contributed by atoms with Gasteiger partial charge in [-0.2, -0.15) is 0 Å². The SMILES string of the molecule is Cc1sc2ncnc(N3C[C@H]4C[C@@H](C3)[C@H](CO)n3c4cccc3=O)c2c1C. The average molecular weight is 382 g/mol. The highest BCUT2D eigenvalue weighted by Crippen LogP contribution is 2.43. The van der Waals surface area contributed by atoms with Gasteiger partial charge in [0.05, 0.1) is 18.0 Å². The van der Waals surface area contributed by atoms with E-state index in [1.54, 1.807) is 23.7 Å². The highest BCUT2D eigenvalue weighted by molar-refractivity contribution is 7.18. The number of fused-ring (bicyclic) bond motifs is 5. The lowest BCUT2D eigenvalue weighted by Crippen LogP contribution is -2.50. The topological polar surface area (TPSA) is 71.2 Å². The monoisotopic (exact) mass is 382 g/mol. The second kappa shape index (κ2) is 6.14. The van der Waals surface area contributed by atoms with Crippen molar-refractivity contribution in [1.29, 1.82) is 0 Å². The van der Waals surface area contributed by atoms with Crippen LogP contribution in [0, 0.1) is 19.8 Å². The average Bonchev–Trinajstić information content (AvgIpc) is 2.97. The molecule has 27 heavy (non-hydrogen) atoms. The fourth-order valence-electron chi connectivity index (χ4n) is 4.85. The standard InChI is InChI=1S/C20H22N4O2S/c1-11-12(2)27-20-18(11)19(21-10-22-20)23-7-13-6-14(8-23)16(9-25)24-15(13)4-3-5-17(24)26/h3-5,10,13-14,16,25H,6-9H2,1-2H3/t13-,14+,16+/m1/s1. The molecule has 6 nitrogen and oxygen atoms in total. The van der Waals surface area contributed by atoms with Gasteiger partial charge in [-0.1, -0.05) is 6.07 Å². The van der Waals surface area contributed by atoms with Gasteiger partial charge in [-0.25, -0.2) is 9.97 Å². The number of pyridine rings is 1. The molecule has 1 fully saturated rings. The van der Waals surface area contributed by atoms with E-state index in [2.05, 4.69) is 28.7 Å². The number of hydrogen-bond donors (Lipinski definition) is 1. The quantitative estimate of drug-likeness (QED) is 0.738. The van der Waals surface area contributed by atoms with Crippen LogP contribution in [0.25, 0.3) is 10.2 Å². The number of piperidine rings is 1. The molecule has 3 atom stereocenters. The van der Waals surface area contributed by atoms with Gasteiger partial charge in [-0.3, -0.25) is 4.79 Å². The maximum atomic E-state index is 12.5. The number of hydrogen-bond acceptors (Lipinski definition) is 6. The molecule has 7 heteroatoms. The molecule has 2 aliphatic rings. The summed E-state index contributed by atoms with van der Waals surface area (Å²) >= 11 is 1.71. The van der Waals surface area contributed by atoms with Gasteiger partial charge >= 0.3 is 0 Å². The predicted octanol–water partition coefficient (Wildman–Crippen LogP) is 2.63. The lowest BCUT2D eigenvalue weighted by atomic mass is 9.78. The van der Waals surface area contributed by atoms with Gasteiger partial charge < -0.3 is 14.6 Å². The van der Waals surface area contributed by atoms with Crippen LogP contribution in [-0.4, -0.2) is 39.3 Å². The molecule has 5 heterocycles. The summed E-state index contributed by atoms with van der Waals surface area (Å²) in [5.74, 6) is 1.48. The van der Waals surface area contributed by atoms with Crippen LogP contribution in [0.5, 0.6) is 0 Å². The van der Waals surface area contributed by atoms with Crippen molar-refractivity contribution in [2.24, 2.45) is 5.92 Å². The molecule has 2 aliphatic heterocycles. The summed E-state index contributed by atoms with van der Waals surface area (Å²) in [6.45, 7) is 5.87. The lowest BCUT2D eigenvalue weighted by molar-refractivity contribution is 0.132. The Morgan fingerprint density at radius 1 is 1.26 bits per heavy atom. The Kier molecular flexibility index (Phi) is 3.84. The number of aromatic nitrogens is 3. The summed E-state index contributed by atoms with van der Waals surface area (Å²) in [6, 6.07) is 5.28. The maximum Gasteiger partial charge on any atom is 0.251 e. The molecular formula is C20H22N4O2S. The van der Waals surface area contributed by atoms with Crippen molar-refractivity contribution in [3.8, 4) is 0 Å². The van der Waals surface area contributed by atoms with E-state index in [4.69, 9.17) is 0 Å². The smallest absolute Gasteiger partial charge is 0.251 e. The zero-order valence-corrected chi connectivity index (χ0v) is 16.2. The van der Waals surface area contributed by atoms with E-state index in [-0.39, 0.29) is 30.0 Å². The molecule has 0 aromatic carbocycles. The highest BCUT2D eigenvalue weighted by Gasteiger charge is 2.41. The molecule has 0 aliphatic carbocycles. The molecule has 0 spiro atoms. The van der Waals surface area contributed by atoms with Gasteiger partial charge in [0.2, 0.25) is 0 Å². The molecular weight excluding hydrogens is 360 g/mol. The minimum Gasteiger partial charge on any atom is -0.394 e. The molecule has 3 aromatic heterocycles. The van der Waals surface area contributed by atoms with Crippen LogP contribution in [-0.2, 0) is 0 Å².